The lowest BCUT2D eigenvalue weighted by atomic mass is 10.1. The molecule has 5 nitrogen and oxygen atoms in total. The molecule has 0 atom stereocenters. The molecule has 1 heterocycles. The fourth-order valence-electron chi connectivity index (χ4n) is 2.64. The molecular formula is C18H16BrN3O2. The Balaban J connectivity index is 1.98. The van der Waals surface area contributed by atoms with Crippen molar-refractivity contribution in [3.63, 3.8) is 0 Å². The normalized spacial score (nSPS) is 10.8. The minimum atomic E-state index is -0.845. The van der Waals surface area contributed by atoms with Crippen LogP contribution in [0.5, 0.6) is 0 Å². The highest BCUT2D eigenvalue weighted by Gasteiger charge is 2.10. The number of aliphatic carboxylic acids is 1. The first-order valence-electron chi connectivity index (χ1n) is 7.36. The number of halogens is 1. The molecule has 0 aliphatic rings. The number of carbonyl (C=O) groups is 1. The maximum Gasteiger partial charge on any atom is 0.307 e. The molecule has 0 fully saturated rings. The first kappa shape index (κ1) is 16.3. The summed E-state index contributed by atoms with van der Waals surface area (Å²) in [4.78, 5) is 15.2. The number of nitrogen functional groups attached to an aromatic ring is 1. The van der Waals surface area contributed by atoms with E-state index in [1.54, 1.807) is 18.3 Å². The molecule has 3 rings (SSSR count). The van der Waals surface area contributed by atoms with Gasteiger partial charge in [-0.05, 0) is 58.2 Å². The van der Waals surface area contributed by atoms with Crippen LogP contribution in [0.4, 0.5) is 17.2 Å². The van der Waals surface area contributed by atoms with E-state index in [1.165, 1.54) is 0 Å². The molecule has 0 aliphatic carbocycles. The SMILES string of the molecule is Cc1cc(N)c2c(Br)cnc(Nc3ccc(CC(=O)O)cc3)c2c1. The Hall–Kier alpha value is -2.60. The van der Waals surface area contributed by atoms with Crippen LogP contribution in [0.1, 0.15) is 11.1 Å². The number of fused-ring (bicyclic) bond motifs is 1. The first-order chi connectivity index (χ1) is 11.4. The average molecular weight is 386 g/mol. The number of anilines is 3. The zero-order valence-electron chi connectivity index (χ0n) is 13.0. The summed E-state index contributed by atoms with van der Waals surface area (Å²) in [5, 5.41) is 13.9. The summed E-state index contributed by atoms with van der Waals surface area (Å²) in [5.74, 6) is -0.142. The fourth-order valence-corrected chi connectivity index (χ4v) is 3.18. The van der Waals surface area contributed by atoms with E-state index in [9.17, 15) is 4.79 Å². The highest BCUT2D eigenvalue weighted by molar-refractivity contribution is 9.10. The molecule has 4 N–H and O–H groups in total. The molecule has 6 heteroatoms. The third kappa shape index (κ3) is 3.33. The zero-order valence-corrected chi connectivity index (χ0v) is 14.6. The van der Waals surface area contributed by atoms with Gasteiger partial charge < -0.3 is 16.2 Å². The smallest absolute Gasteiger partial charge is 0.307 e. The number of hydrogen-bond donors (Lipinski definition) is 3. The van der Waals surface area contributed by atoms with E-state index >= 15 is 0 Å². The molecule has 2 aromatic carbocycles. The minimum absolute atomic E-state index is 0.00940. The van der Waals surface area contributed by atoms with Crippen LogP contribution in [0, 0.1) is 6.92 Å². The van der Waals surface area contributed by atoms with Crippen molar-refractivity contribution in [1.82, 2.24) is 4.98 Å². The number of benzene rings is 2. The Morgan fingerprint density at radius 2 is 2.00 bits per heavy atom. The lowest BCUT2D eigenvalue weighted by molar-refractivity contribution is -0.136. The summed E-state index contributed by atoms with van der Waals surface area (Å²) in [6.07, 6.45) is 1.73. The average Bonchev–Trinajstić information content (AvgIpc) is 2.51. The number of aryl methyl sites for hydroxylation is 1. The molecule has 0 radical (unpaired) electrons. The number of carboxylic acids is 1. The predicted molar refractivity (Wildman–Crippen MR) is 99.7 cm³/mol. The number of nitrogens with one attached hydrogen (secondary N) is 1. The molecule has 24 heavy (non-hydrogen) atoms. The van der Waals surface area contributed by atoms with Crippen molar-refractivity contribution in [2.24, 2.45) is 0 Å². The lowest BCUT2D eigenvalue weighted by Crippen LogP contribution is -2.01. The molecule has 3 aromatic rings. The maximum atomic E-state index is 10.7. The van der Waals surface area contributed by atoms with E-state index in [0.717, 1.165) is 32.1 Å². The van der Waals surface area contributed by atoms with E-state index in [-0.39, 0.29) is 6.42 Å². The van der Waals surface area contributed by atoms with Crippen molar-refractivity contribution in [3.8, 4) is 0 Å². The second kappa shape index (κ2) is 6.49. The van der Waals surface area contributed by atoms with E-state index in [4.69, 9.17) is 10.8 Å². The molecule has 0 saturated carbocycles. The standard InChI is InChI=1S/C18H16BrN3O2/c1-10-6-13-17(15(20)7-10)14(19)9-21-18(13)22-12-4-2-11(3-5-12)8-16(23)24/h2-7,9H,8,20H2,1H3,(H,21,22)(H,23,24). The van der Waals surface area contributed by atoms with Gasteiger partial charge in [0.25, 0.3) is 0 Å². The van der Waals surface area contributed by atoms with Gasteiger partial charge in [0.1, 0.15) is 5.82 Å². The molecular weight excluding hydrogens is 370 g/mol. The van der Waals surface area contributed by atoms with E-state index < -0.39 is 5.97 Å². The van der Waals surface area contributed by atoms with Crippen LogP contribution in [0.15, 0.2) is 47.1 Å². The summed E-state index contributed by atoms with van der Waals surface area (Å²) in [7, 11) is 0. The van der Waals surface area contributed by atoms with Gasteiger partial charge in [0, 0.05) is 32.8 Å². The summed E-state index contributed by atoms with van der Waals surface area (Å²) >= 11 is 3.50. The van der Waals surface area contributed by atoms with Crippen molar-refractivity contribution in [1.29, 1.82) is 0 Å². The Bertz CT molecular complexity index is 924. The fraction of sp³-hybridized carbons (Fsp3) is 0.111. The van der Waals surface area contributed by atoms with Crippen LogP contribution >= 0.6 is 15.9 Å². The third-order valence-electron chi connectivity index (χ3n) is 3.69. The van der Waals surface area contributed by atoms with Gasteiger partial charge in [0.15, 0.2) is 0 Å². The van der Waals surface area contributed by atoms with Gasteiger partial charge in [-0.25, -0.2) is 4.98 Å². The van der Waals surface area contributed by atoms with E-state index in [2.05, 4.69) is 26.2 Å². The van der Waals surface area contributed by atoms with Crippen molar-refractivity contribution in [2.75, 3.05) is 11.1 Å². The largest absolute Gasteiger partial charge is 0.481 e. The van der Waals surface area contributed by atoms with Gasteiger partial charge >= 0.3 is 5.97 Å². The molecule has 122 valence electrons. The number of rotatable bonds is 4. The van der Waals surface area contributed by atoms with Crippen LogP contribution < -0.4 is 11.1 Å². The molecule has 0 unspecified atom stereocenters. The summed E-state index contributed by atoms with van der Waals surface area (Å²) in [6.45, 7) is 1.99. The highest BCUT2D eigenvalue weighted by Crippen LogP contribution is 2.34. The van der Waals surface area contributed by atoms with Crippen molar-refractivity contribution >= 4 is 49.9 Å². The monoisotopic (exact) mass is 385 g/mol. The second-order valence-electron chi connectivity index (χ2n) is 5.62. The number of aromatic nitrogens is 1. The number of nitrogens with zero attached hydrogens (tertiary/aromatic N) is 1. The number of carboxylic acid groups (broad SMARTS) is 1. The van der Waals surface area contributed by atoms with Gasteiger partial charge in [-0.2, -0.15) is 0 Å². The van der Waals surface area contributed by atoms with Crippen LogP contribution in [0.3, 0.4) is 0 Å². The molecule has 0 aliphatic heterocycles. The summed E-state index contributed by atoms with van der Waals surface area (Å²) < 4.78 is 0.845. The molecule has 0 bridgehead atoms. The van der Waals surface area contributed by atoms with Gasteiger partial charge in [-0.1, -0.05) is 12.1 Å². The minimum Gasteiger partial charge on any atom is -0.481 e. The third-order valence-corrected chi connectivity index (χ3v) is 4.29. The van der Waals surface area contributed by atoms with Crippen molar-refractivity contribution < 1.29 is 9.90 Å². The zero-order chi connectivity index (χ0) is 17.3. The maximum absolute atomic E-state index is 10.7. The van der Waals surface area contributed by atoms with Gasteiger partial charge in [0.2, 0.25) is 0 Å². The molecule has 1 aromatic heterocycles. The quantitative estimate of drug-likeness (QED) is 0.583. The lowest BCUT2D eigenvalue weighted by Gasteiger charge is -2.13. The second-order valence-corrected chi connectivity index (χ2v) is 6.48. The Kier molecular flexibility index (Phi) is 4.40. The van der Waals surface area contributed by atoms with Gasteiger partial charge in [-0.3, -0.25) is 4.79 Å². The molecule has 0 amide bonds. The number of pyridine rings is 1. The Labute approximate surface area is 147 Å². The first-order valence-corrected chi connectivity index (χ1v) is 8.15. The van der Waals surface area contributed by atoms with E-state index in [0.29, 0.717) is 11.5 Å². The number of hydrogen-bond acceptors (Lipinski definition) is 4. The summed E-state index contributed by atoms with van der Waals surface area (Å²) in [5.41, 5.74) is 9.48. The molecule has 0 saturated heterocycles. The van der Waals surface area contributed by atoms with Crippen LogP contribution in [-0.4, -0.2) is 16.1 Å². The van der Waals surface area contributed by atoms with E-state index in [1.807, 2.05) is 31.2 Å². The molecule has 0 spiro atoms. The van der Waals surface area contributed by atoms with Crippen LogP contribution in [-0.2, 0) is 11.2 Å². The van der Waals surface area contributed by atoms with Crippen molar-refractivity contribution in [3.05, 3.63) is 58.2 Å². The topological polar surface area (TPSA) is 88.2 Å². The van der Waals surface area contributed by atoms with Crippen LogP contribution in [0.2, 0.25) is 0 Å². The van der Waals surface area contributed by atoms with Gasteiger partial charge in [0.05, 0.1) is 6.42 Å². The Morgan fingerprint density at radius 1 is 1.29 bits per heavy atom. The predicted octanol–water partition coefficient (Wildman–Crippen LogP) is 4.26. The van der Waals surface area contributed by atoms with Gasteiger partial charge in [-0.15, -0.1) is 0 Å². The van der Waals surface area contributed by atoms with Crippen LogP contribution in [0.25, 0.3) is 10.8 Å². The number of nitrogens with two attached hydrogens (primary N) is 1. The summed E-state index contributed by atoms with van der Waals surface area (Å²) in [6, 6.07) is 11.2. The Morgan fingerprint density at radius 3 is 2.67 bits per heavy atom. The van der Waals surface area contributed by atoms with Crippen molar-refractivity contribution in [2.45, 2.75) is 13.3 Å². The highest BCUT2D eigenvalue weighted by atomic mass is 79.9.